The second kappa shape index (κ2) is 5.92. The number of ether oxygens (including phenoxy) is 2. The molecule has 0 aromatic heterocycles. The Balaban J connectivity index is 3.70. The molecule has 0 N–H and O–H groups in total. The summed E-state index contributed by atoms with van der Waals surface area (Å²) in [6, 6.07) is 0. The molecule has 0 atom stereocenters. The smallest absolute Gasteiger partial charge is 0.330 e. The maximum absolute atomic E-state index is 10.6. The van der Waals surface area contributed by atoms with Crippen LogP contribution in [0.15, 0.2) is 11.6 Å². The first-order chi connectivity index (χ1) is 5.20. The molecule has 0 aromatic rings. The molecule has 0 aliphatic carbocycles. The highest BCUT2D eigenvalue weighted by Gasteiger charge is 1.95. The van der Waals surface area contributed by atoms with Gasteiger partial charge in [-0.1, -0.05) is 0 Å². The van der Waals surface area contributed by atoms with E-state index in [4.69, 9.17) is 4.74 Å². The third-order valence-corrected chi connectivity index (χ3v) is 1.10. The summed E-state index contributed by atoms with van der Waals surface area (Å²) in [6.07, 6.45) is 1.43. The van der Waals surface area contributed by atoms with Gasteiger partial charge in [0.1, 0.15) is 0 Å². The second-order valence-corrected chi connectivity index (χ2v) is 2.15. The fourth-order valence-electron chi connectivity index (χ4n) is 0.565. The molecule has 0 aliphatic heterocycles. The molecule has 0 saturated carbocycles. The van der Waals surface area contributed by atoms with E-state index in [-0.39, 0.29) is 5.97 Å². The van der Waals surface area contributed by atoms with Gasteiger partial charge in [-0.15, -0.1) is 0 Å². The first-order valence-corrected chi connectivity index (χ1v) is 3.53. The van der Waals surface area contributed by atoms with Crippen LogP contribution >= 0.6 is 0 Å². The Hall–Kier alpha value is -0.830. The van der Waals surface area contributed by atoms with Crippen molar-refractivity contribution in [1.29, 1.82) is 0 Å². The van der Waals surface area contributed by atoms with Crippen LogP contribution in [-0.4, -0.2) is 26.3 Å². The monoisotopic (exact) mass is 158 g/mol. The van der Waals surface area contributed by atoms with Crippen LogP contribution in [0.2, 0.25) is 0 Å². The molecule has 0 heterocycles. The van der Waals surface area contributed by atoms with Crippen molar-refractivity contribution in [3.05, 3.63) is 11.6 Å². The summed E-state index contributed by atoms with van der Waals surface area (Å²) in [7, 11) is 1.35. The summed E-state index contributed by atoms with van der Waals surface area (Å²) in [5.41, 5.74) is 0.874. The normalized spacial score (nSPS) is 11.4. The van der Waals surface area contributed by atoms with E-state index in [2.05, 4.69) is 4.74 Å². The minimum Gasteiger partial charge on any atom is -0.466 e. The Bertz CT molecular complexity index is 149. The maximum Gasteiger partial charge on any atom is 0.330 e. The van der Waals surface area contributed by atoms with Gasteiger partial charge in [0.05, 0.1) is 13.7 Å². The topological polar surface area (TPSA) is 35.5 Å². The Kier molecular flexibility index (Phi) is 5.47. The van der Waals surface area contributed by atoms with Gasteiger partial charge in [-0.3, -0.25) is 0 Å². The van der Waals surface area contributed by atoms with Gasteiger partial charge in [0.15, 0.2) is 0 Å². The minimum atomic E-state index is -0.331. The van der Waals surface area contributed by atoms with Gasteiger partial charge in [0, 0.05) is 12.7 Å². The number of carbonyl (C=O) groups excluding carboxylic acids is 1. The second-order valence-electron chi connectivity index (χ2n) is 2.15. The van der Waals surface area contributed by atoms with E-state index in [0.717, 1.165) is 5.57 Å². The lowest BCUT2D eigenvalue weighted by Crippen LogP contribution is -2.00. The third-order valence-electron chi connectivity index (χ3n) is 1.10. The number of carbonyl (C=O) groups is 1. The summed E-state index contributed by atoms with van der Waals surface area (Å²) >= 11 is 0. The van der Waals surface area contributed by atoms with Crippen molar-refractivity contribution in [2.45, 2.75) is 13.8 Å². The Morgan fingerprint density at radius 3 is 2.64 bits per heavy atom. The van der Waals surface area contributed by atoms with Crippen molar-refractivity contribution < 1.29 is 14.3 Å². The van der Waals surface area contributed by atoms with Crippen LogP contribution in [0, 0.1) is 0 Å². The van der Waals surface area contributed by atoms with E-state index in [1.165, 1.54) is 13.2 Å². The molecular weight excluding hydrogens is 144 g/mol. The average Bonchev–Trinajstić information content (AvgIpc) is 2.00. The average molecular weight is 158 g/mol. The number of hydrogen-bond donors (Lipinski definition) is 0. The van der Waals surface area contributed by atoms with Crippen LogP contribution in [0.25, 0.3) is 0 Å². The van der Waals surface area contributed by atoms with E-state index in [1.807, 2.05) is 13.8 Å². The largest absolute Gasteiger partial charge is 0.466 e. The van der Waals surface area contributed by atoms with Gasteiger partial charge >= 0.3 is 5.97 Å². The molecule has 0 amide bonds. The molecule has 0 radical (unpaired) electrons. The fraction of sp³-hybridized carbons (Fsp3) is 0.625. The molecule has 0 rings (SSSR count). The van der Waals surface area contributed by atoms with Crippen LogP contribution < -0.4 is 0 Å². The molecule has 3 heteroatoms. The molecule has 0 bridgehead atoms. The first-order valence-electron chi connectivity index (χ1n) is 3.53. The molecule has 64 valence electrons. The Labute approximate surface area is 67.0 Å². The maximum atomic E-state index is 10.6. The molecule has 0 unspecified atom stereocenters. The predicted octanol–water partition coefficient (Wildman–Crippen LogP) is 1.14. The molecule has 0 aromatic carbocycles. The van der Waals surface area contributed by atoms with Crippen molar-refractivity contribution >= 4 is 5.97 Å². The molecule has 0 spiro atoms. The summed E-state index contributed by atoms with van der Waals surface area (Å²) in [6.45, 7) is 4.88. The fourth-order valence-corrected chi connectivity index (χ4v) is 0.565. The SMILES string of the molecule is CCOCC(C)=CC(=O)OC. The minimum absolute atomic E-state index is 0.331. The van der Waals surface area contributed by atoms with E-state index in [1.54, 1.807) is 0 Å². The molecular formula is C8H14O3. The highest BCUT2D eigenvalue weighted by Crippen LogP contribution is 1.93. The zero-order chi connectivity index (χ0) is 8.69. The van der Waals surface area contributed by atoms with Crippen molar-refractivity contribution in [3.63, 3.8) is 0 Å². The van der Waals surface area contributed by atoms with Crippen molar-refractivity contribution in [2.75, 3.05) is 20.3 Å². The lowest BCUT2D eigenvalue weighted by molar-refractivity contribution is -0.134. The number of rotatable bonds is 4. The van der Waals surface area contributed by atoms with Crippen LogP contribution in [-0.2, 0) is 14.3 Å². The number of methoxy groups -OCH3 is 1. The van der Waals surface area contributed by atoms with Crippen LogP contribution in [0.5, 0.6) is 0 Å². The Morgan fingerprint density at radius 2 is 2.18 bits per heavy atom. The zero-order valence-corrected chi connectivity index (χ0v) is 7.22. The zero-order valence-electron chi connectivity index (χ0n) is 7.22. The van der Waals surface area contributed by atoms with Gasteiger partial charge in [-0.25, -0.2) is 4.79 Å². The Morgan fingerprint density at radius 1 is 1.55 bits per heavy atom. The van der Waals surface area contributed by atoms with Gasteiger partial charge in [-0.2, -0.15) is 0 Å². The van der Waals surface area contributed by atoms with Gasteiger partial charge in [0.25, 0.3) is 0 Å². The van der Waals surface area contributed by atoms with E-state index < -0.39 is 0 Å². The highest BCUT2D eigenvalue weighted by molar-refractivity contribution is 5.82. The first kappa shape index (κ1) is 10.2. The predicted molar refractivity (Wildman–Crippen MR) is 42.3 cm³/mol. The van der Waals surface area contributed by atoms with Gasteiger partial charge in [-0.05, 0) is 19.4 Å². The molecule has 11 heavy (non-hydrogen) atoms. The molecule has 3 nitrogen and oxygen atoms in total. The lowest BCUT2D eigenvalue weighted by atomic mass is 10.3. The summed E-state index contributed by atoms with van der Waals surface area (Å²) in [5, 5.41) is 0. The summed E-state index contributed by atoms with van der Waals surface area (Å²) < 4.78 is 9.49. The van der Waals surface area contributed by atoms with Gasteiger partial charge < -0.3 is 9.47 Å². The van der Waals surface area contributed by atoms with E-state index >= 15 is 0 Å². The molecule has 0 aliphatic rings. The summed E-state index contributed by atoms with van der Waals surface area (Å²) in [4.78, 5) is 10.6. The molecule has 0 fully saturated rings. The van der Waals surface area contributed by atoms with Crippen LogP contribution in [0.4, 0.5) is 0 Å². The lowest BCUT2D eigenvalue weighted by Gasteiger charge is -1.99. The van der Waals surface area contributed by atoms with Crippen molar-refractivity contribution in [3.8, 4) is 0 Å². The van der Waals surface area contributed by atoms with Crippen LogP contribution in [0.1, 0.15) is 13.8 Å². The van der Waals surface area contributed by atoms with E-state index in [9.17, 15) is 4.79 Å². The van der Waals surface area contributed by atoms with Crippen molar-refractivity contribution in [2.24, 2.45) is 0 Å². The highest BCUT2D eigenvalue weighted by atomic mass is 16.5. The van der Waals surface area contributed by atoms with Crippen LogP contribution in [0.3, 0.4) is 0 Å². The van der Waals surface area contributed by atoms with Crippen molar-refractivity contribution in [1.82, 2.24) is 0 Å². The summed E-state index contributed by atoms with van der Waals surface area (Å²) in [5.74, 6) is -0.331. The standard InChI is InChI=1S/C8H14O3/c1-4-11-6-7(2)5-8(9)10-3/h5H,4,6H2,1-3H3. The van der Waals surface area contributed by atoms with Gasteiger partial charge in [0.2, 0.25) is 0 Å². The number of esters is 1. The molecule has 0 saturated heterocycles. The third kappa shape index (κ3) is 5.61. The quantitative estimate of drug-likeness (QED) is 0.454. The number of hydrogen-bond acceptors (Lipinski definition) is 3. The van der Waals surface area contributed by atoms with E-state index in [0.29, 0.717) is 13.2 Å².